The van der Waals surface area contributed by atoms with Crippen LogP contribution in [0.15, 0.2) is 72.8 Å². The van der Waals surface area contributed by atoms with Crippen LogP contribution < -0.4 is 0 Å². The van der Waals surface area contributed by atoms with Gasteiger partial charge in [0.05, 0.1) is 24.3 Å². The normalized spacial score (nSPS) is 13.6. The zero-order chi connectivity index (χ0) is 26.0. The van der Waals surface area contributed by atoms with Crippen molar-refractivity contribution in [2.75, 3.05) is 13.2 Å². The predicted octanol–water partition coefficient (Wildman–Crippen LogP) is 5.64. The lowest BCUT2D eigenvalue weighted by molar-refractivity contribution is -0.161. The summed E-state index contributed by atoms with van der Waals surface area (Å²) in [6, 6.07) is 18.7. The maximum absolute atomic E-state index is 15.2. The Hall–Kier alpha value is -3.91. The van der Waals surface area contributed by atoms with Gasteiger partial charge in [-0.05, 0) is 55.7 Å². The molecule has 0 spiro atoms. The quantitative estimate of drug-likeness (QED) is 0.163. The lowest BCUT2D eigenvalue weighted by atomic mass is 9.89. The van der Waals surface area contributed by atoms with Crippen LogP contribution in [0.5, 0.6) is 0 Å². The summed E-state index contributed by atoms with van der Waals surface area (Å²) in [7, 11) is 0. The molecule has 0 fully saturated rings. The molecule has 0 aliphatic heterocycles. The Morgan fingerprint density at radius 2 is 1.65 bits per heavy atom. The number of fused-ring (bicyclic) bond motifs is 1. The number of rotatable bonds is 9. The minimum Gasteiger partial charge on any atom is -0.465 e. The van der Waals surface area contributed by atoms with E-state index in [2.05, 4.69) is 29.3 Å². The van der Waals surface area contributed by atoms with Gasteiger partial charge in [-0.15, -0.1) is 0 Å². The third kappa shape index (κ3) is 4.89. The van der Waals surface area contributed by atoms with Crippen molar-refractivity contribution in [1.29, 1.82) is 0 Å². The number of thiazole rings is 1. The van der Waals surface area contributed by atoms with Crippen molar-refractivity contribution < 1.29 is 23.5 Å². The molecule has 4 aromatic rings. The molecule has 188 valence electrons. The van der Waals surface area contributed by atoms with E-state index in [1.165, 1.54) is 17.4 Å². The molecule has 6 nitrogen and oxygen atoms in total. The highest BCUT2D eigenvalue weighted by atomic mass is 32.1. The Balaban J connectivity index is 1.40. The average molecular weight is 517 g/mol. The van der Waals surface area contributed by atoms with Gasteiger partial charge in [0.2, 0.25) is 0 Å². The minimum absolute atomic E-state index is 0.0196. The molecule has 0 bridgehead atoms. The molecule has 2 aromatic carbocycles. The Kier molecular flexibility index (Phi) is 6.84. The van der Waals surface area contributed by atoms with Gasteiger partial charge in [0, 0.05) is 5.56 Å². The first-order valence-corrected chi connectivity index (χ1v) is 12.9. The van der Waals surface area contributed by atoms with Crippen LogP contribution in [0.1, 0.15) is 30.7 Å². The van der Waals surface area contributed by atoms with E-state index in [1.807, 2.05) is 30.3 Å². The van der Waals surface area contributed by atoms with Crippen LogP contribution in [-0.2, 0) is 30.9 Å². The molecule has 1 aliphatic rings. The molecule has 5 rings (SSSR count). The zero-order valence-electron chi connectivity index (χ0n) is 20.4. The molecule has 0 saturated heterocycles. The molecular formula is C29H25FN2O4S. The van der Waals surface area contributed by atoms with E-state index in [0.29, 0.717) is 21.7 Å². The average Bonchev–Trinajstić information content (AvgIpc) is 3.61. The number of ether oxygens (including phenoxy) is 2. The topological polar surface area (TPSA) is 78.4 Å². The SMILES string of the molecule is CCOC(=O)C(Cc1ccc(-c2nc3ccc(C4(c5ccccc5)C=C4)nc3s2)c(F)c1)C(=O)OCC. The fraction of sp³-hybridized carbons (Fsp3) is 0.241. The number of esters is 2. The molecule has 37 heavy (non-hydrogen) atoms. The van der Waals surface area contributed by atoms with Crippen molar-refractivity contribution >= 4 is 33.6 Å². The van der Waals surface area contributed by atoms with Crippen molar-refractivity contribution in [1.82, 2.24) is 9.97 Å². The van der Waals surface area contributed by atoms with Gasteiger partial charge in [0.15, 0.2) is 5.92 Å². The van der Waals surface area contributed by atoms with E-state index in [1.54, 1.807) is 26.0 Å². The second-order valence-corrected chi connectivity index (χ2v) is 9.66. The summed E-state index contributed by atoms with van der Waals surface area (Å²) in [5, 5.41) is 0.508. The van der Waals surface area contributed by atoms with E-state index in [-0.39, 0.29) is 25.0 Å². The summed E-state index contributed by atoms with van der Waals surface area (Å²) in [4.78, 5) is 34.8. The lowest BCUT2D eigenvalue weighted by Gasteiger charge is -2.15. The first-order valence-electron chi connectivity index (χ1n) is 12.1. The van der Waals surface area contributed by atoms with Crippen molar-refractivity contribution in [2.45, 2.75) is 25.7 Å². The second kappa shape index (κ2) is 10.2. The van der Waals surface area contributed by atoms with E-state index < -0.39 is 23.7 Å². The number of pyridine rings is 1. The summed E-state index contributed by atoms with van der Waals surface area (Å²) in [5.41, 5.74) is 3.26. The zero-order valence-corrected chi connectivity index (χ0v) is 21.3. The van der Waals surface area contributed by atoms with E-state index >= 15 is 4.39 Å². The molecule has 8 heteroatoms. The van der Waals surface area contributed by atoms with Crippen LogP contribution in [0.3, 0.4) is 0 Å². The molecule has 0 atom stereocenters. The van der Waals surface area contributed by atoms with E-state index in [0.717, 1.165) is 16.1 Å². The first kappa shape index (κ1) is 24.8. The molecule has 1 aliphatic carbocycles. The van der Waals surface area contributed by atoms with Gasteiger partial charge in [0.1, 0.15) is 21.2 Å². The van der Waals surface area contributed by atoms with Crippen LogP contribution >= 0.6 is 11.3 Å². The Labute approximate surface area is 217 Å². The molecule has 0 saturated carbocycles. The molecular weight excluding hydrogens is 491 g/mol. The number of carbonyl (C=O) groups is 2. The smallest absolute Gasteiger partial charge is 0.320 e. The van der Waals surface area contributed by atoms with Gasteiger partial charge in [-0.1, -0.05) is 59.9 Å². The number of hydrogen-bond donors (Lipinski definition) is 0. The van der Waals surface area contributed by atoms with Crippen LogP contribution in [0.25, 0.3) is 20.9 Å². The number of carbonyl (C=O) groups excluding carboxylic acids is 2. The van der Waals surface area contributed by atoms with Crippen molar-refractivity contribution in [3.63, 3.8) is 0 Å². The van der Waals surface area contributed by atoms with Crippen molar-refractivity contribution in [3.8, 4) is 10.6 Å². The van der Waals surface area contributed by atoms with Gasteiger partial charge in [-0.25, -0.2) is 14.4 Å². The molecule has 2 heterocycles. The second-order valence-electron chi connectivity index (χ2n) is 8.68. The lowest BCUT2D eigenvalue weighted by Crippen LogP contribution is -2.30. The summed E-state index contributed by atoms with van der Waals surface area (Å²) < 4.78 is 25.2. The number of allylic oxidation sites excluding steroid dienone is 2. The van der Waals surface area contributed by atoms with Crippen LogP contribution in [0.2, 0.25) is 0 Å². The fourth-order valence-corrected chi connectivity index (χ4v) is 5.28. The number of nitrogens with zero attached hydrogens (tertiary/aromatic N) is 2. The van der Waals surface area contributed by atoms with Crippen LogP contribution in [-0.4, -0.2) is 35.1 Å². The minimum atomic E-state index is -1.15. The highest BCUT2D eigenvalue weighted by molar-refractivity contribution is 7.21. The summed E-state index contributed by atoms with van der Waals surface area (Å²) in [6.07, 6.45) is 4.22. The van der Waals surface area contributed by atoms with Crippen molar-refractivity contribution in [3.05, 3.63) is 95.5 Å². The van der Waals surface area contributed by atoms with Gasteiger partial charge < -0.3 is 9.47 Å². The van der Waals surface area contributed by atoms with Crippen LogP contribution in [0.4, 0.5) is 4.39 Å². The number of aromatic nitrogens is 2. The molecule has 2 aromatic heterocycles. The maximum Gasteiger partial charge on any atom is 0.320 e. The number of benzene rings is 2. The Bertz CT molecular complexity index is 1470. The maximum atomic E-state index is 15.2. The molecule has 0 unspecified atom stereocenters. The largest absolute Gasteiger partial charge is 0.465 e. The summed E-state index contributed by atoms with van der Waals surface area (Å²) in [5.74, 6) is -3.01. The highest BCUT2D eigenvalue weighted by Gasteiger charge is 2.39. The predicted molar refractivity (Wildman–Crippen MR) is 140 cm³/mol. The number of halogens is 1. The molecule has 0 N–H and O–H groups in total. The van der Waals surface area contributed by atoms with Gasteiger partial charge >= 0.3 is 11.9 Å². The van der Waals surface area contributed by atoms with E-state index in [4.69, 9.17) is 14.5 Å². The standard InChI is InChI=1S/C29H25FN2O4S/c1-3-35-27(33)21(28(34)36-4-2)16-18-10-11-20(22(30)17-18)25-31-23-12-13-24(32-26(23)37-25)29(14-15-29)19-8-6-5-7-9-19/h5-15,17,21H,3-4,16H2,1-2H3. The third-order valence-electron chi connectivity index (χ3n) is 6.28. The third-order valence-corrected chi connectivity index (χ3v) is 7.28. The highest BCUT2D eigenvalue weighted by Crippen LogP contribution is 2.45. The summed E-state index contributed by atoms with van der Waals surface area (Å²) >= 11 is 1.32. The Morgan fingerprint density at radius 1 is 0.946 bits per heavy atom. The first-order chi connectivity index (χ1) is 17.9. The summed E-state index contributed by atoms with van der Waals surface area (Å²) in [6.45, 7) is 3.59. The molecule has 0 amide bonds. The van der Waals surface area contributed by atoms with Crippen LogP contribution in [0, 0.1) is 11.7 Å². The monoisotopic (exact) mass is 516 g/mol. The number of hydrogen-bond acceptors (Lipinski definition) is 7. The fourth-order valence-electron chi connectivity index (χ4n) is 4.31. The van der Waals surface area contributed by atoms with E-state index in [9.17, 15) is 9.59 Å². The van der Waals surface area contributed by atoms with Crippen molar-refractivity contribution in [2.24, 2.45) is 5.92 Å². The van der Waals surface area contributed by atoms with Gasteiger partial charge in [-0.3, -0.25) is 9.59 Å². The van der Waals surface area contributed by atoms with Gasteiger partial charge in [0.25, 0.3) is 0 Å². The van der Waals surface area contributed by atoms with Gasteiger partial charge in [-0.2, -0.15) is 0 Å². The molecule has 0 radical (unpaired) electrons. The Morgan fingerprint density at radius 3 is 2.27 bits per heavy atom.